The van der Waals surface area contributed by atoms with Crippen molar-refractivity contribution in [3.63, 3.8) is 0 Å². The van der Waals surface area contributed by atoms with Crippen LogP contribution in [0.5, 0.6) is 5.88 Å². The molecule has 0 aromatic carbocycles. The first-order valence-electron chi connectivity index (χ1n) is 5.82. The maximum absolute atomic E-state index is 5.90. The van der Waals surface area contributed by atoms with Crippen LogP contribution in [0.4, 0.5) is 0 Å². The van der Waals surface area contributed by atoms with Gasteiger partial charge in [0.15, 0.2) is 0 Å². The first kappa shape index (κ1) is 10.3. The topological polar surface area (TPSA) is 61.0 Å². The number of hydrogen-bond donors (Lipinski definition) is 0. The van der Waals surface area contributed by atoms with Gasteiger partial charge < -0.3 is 9.26 Å². The standard InChI is InChI=1S/C12H13N3O2/c1-2-5-9(4-1)17-12-10(6-3-7-13-12)11-14-8-16-15-11/h3,6-9H,1-2,4-5H2. The first-order valence-corrected chi connectivity index (χ1v) is 5.82. The van der Waals surface area contributed by atoms with Gasteiger partial charge in [0.2, 0.25) is 18.1 Å². The second-order valence-corrected chi connectivity index (χ2v) is 4.14. The lowest BCUT2D eigenvalue weighted by molar-refractivity contribution is 0.202. The minimum Gasteiger partial charge on any atom is -0.474 e. The molecular formula is C12H13N3O2. The van der Waals surface area contributed by atoms with Gasteiger partial charge in [-0.15, -0.1) is 0 Å². The molecule has 2 heterocycles. The summed E-state index contributed by atoms with van der Waals surface area (Å²) < 4.78 is 10.6. The third kappa shape index (κ3) is 2.13. The molecule has 0 N–H and O–H groups in total. The molecule has 0 saturated heterocycles. The van der Waals surface area contributed by atoms with Crippen molar-refractivity contribution in [1.29, 1.82) is 0 Å². The molecule has 5 nitrogen and oxygen atoms in total. The number of ether oxygens (including phenoxy) is 1. The lowest BCUT2D eigenvalue weighted by Gasteiger charge is -2.13. The molecule has 88 valence electrons. The maximum Gasteiger partial charge on any atom is 0.224 e. The van der Waals surface area contributed by atoms with Gasteiger partial charge in [-0.2, -0.15) is 4.98 Å². The summed E-state index contributed by atoms with van der Waals surface area (Å²) in [7, 11) is 0. The molecule has 0 aliphatic heterocycles. The Labute approximate surface area is 98.8 Å². The number of aromatic nitrogens is 3. The number of rotatable bonds is 3. The molecule has 0 bridgehead atoms. The van der Waals surface area contributed by atoms with Crippen molar-refractivity contribution in [2.75, 3.05) is 0 Å². The summed E-state index contributed by atoms with van der Waals surface area (Å²) in [6, 6.07) is 3.73. The van der Waals surface area contributed by atoms with Crippen LogP contribution in [0.15, 0.2) is 29.2 Å². The second kappa shape index (κ2) is 4.53. The summed E-state index contributed by atoms with van der Waals surface area (Å²) in [6.07, 6.45) is 7.96. The summed E-state index contributed by atoms with van der Waals surface area (Å²) in [6.45, 7) is 0. The van der Waals surface area contributed by atoms with Crippen LogP contribution in [0, 0.1) is 0 Å². The van der Waals surface area contributed by atoms with E-state index in [9.17, 15) is 0 Å². The van der Waals surface area contributed by atoms with Crippen molar-refractivity contribution >= 4 is 0 Å². The first-order chi connectivity index (χ1) is 8.43. The Bertz CT molecular complexity index is 478. The third-order valence-corrected chi connectivity index (χ3v) is 2.95. The van der Waals surface area contributed by atoms with E-state index < -0.39 is 0 Å². The Kier molecular flexibility index (Phi) is 2.73. The maximum atomic E-state index is 5.90. The van der Waals surface area contributed by atoms with Gasteiger partial charge in [0, 0.05) is 6.20 Å². The average Bonchev–Trinajstić information content (AvgIpc) is 3.01. The van der Waals surface area contributed by atoms with Gasteiger partial charge in [-0.1, -0.05) is 5.16 Å². The molecular weight excluding hydrogens is 218 g/mol. The van der Waals surface area contributed by atoms with E-state index in [-0.39, 0.29) is 6.10 Å². The zero-order valence-electron chi connectivity index (χ0n) is 9.37. The molecule has 5 heteroatoms. The highest BCUT2D eigenvalue weighted by atomic mass is 16.5. The molecule has 1 saturated carbocycles. The van der Waals surface area contributed by atoms with Crippen LogP contribution in [-0.2, 0) is 0 Å². The molecule has 2 aromatic heterocycles. The van der Waals surface area contributed by atoms with Gasteiger partial charge in [-0.25, -0.2) is 4.98 Å². The van der Waals surface area contributed by atoms with Crippen molar-refractivity contribution in [3.8, 4) is 17.3 Å². The highest BCUT2D eigenvalue weighted by molar-refractivity contribution is 5.60. The summed E-state index contributed by atoms with van der Waals surface area (Å²) in [5.74, 6) is 1.12. The van der Waals surface area contributed by atoms with Gasteiger partial charge in [0.1, 0.15) is 6.10 Å². The van der Waals surface area contributed by atoms with Crippen LogP contribution in [0.25, 0.3) is 11.4 Å². The summed E-state index contributed by atoms with van der Waals surface area (Å²) >= 11 is 0. The number of nitrogens with zero attached hydrogens (tertiary/aromatic N) is 3. The molecule has 1 aliphatic rings. The quantitative estimate of drug-likeness (QED) is 0.812. The molecule has 0 amide bonds. The summed E-state index contributed by atoms with van der Waals surface area (Å²) in [5.41, 5.74) is 0.785. The van der Waals surface area contributed by atoms with Crippen molar-refractivity contribution < 1.29 is 9.26 Å². The van der Waals surface area contributed by atoms with Gasteiger partial charge in [0.25, 0.3) is 0 Å². The molecule has 0 spiro atoms. The zero-order valence-corrected chi connectivity index (χ0v) is 9.37. The lowest BCUT2D eigenvalue weighted by Crippen LogP contribution is -2.12. The molecule has 2 aromatic rings. The summed E-state index contributed by atoms with van der Waals surface area (Å²) in [4.78, 5) is 8.28. The van der Waals surface area contributed by atoms with Gasteiger partial charge >= 0.3 is 0 Å². The number of hydrogen-bond acceptors (Lipinski definition) is 5. The normalized spacial score (nSPS) is 16.2. The lowest BCUT2D eigenvalue weighted by atomic mass is 10.2. The van der Waals surface area contributed by atoms with Crippen LogP contribution in [0.1, 0.15) is 25.7 Å². The van der Waals surface area contributed by atoms with Gasteiger partial charge in [-0.05, 0) is 37.8 Å². The third-order valence-electron chi connectivity index (χ3n) is 2.95. The molecule has 1 fully saturated rings. The Balaban J connectivity index is 1.88. The minimum absolute atomic E-state index is 0.274. The fourth-order valence-electron chi connectivity index (χ4n) is 2.11. The Morgan fingerprint density at radius 3 is 2.88 bits per heavy atom. The van der Waals surface area contributed by atoms with E-state index in [0.717, 1.165) is 18.4 Å². The van der Waals surface area contributed by atoms with Crippen molar-refractivity contribution in [2.24, 2.45) is 0 Å². The van der Waals surface area contributed by atoms with E-state index in [4.69, 9.17) is 9.26 Å². The van der Waals surface area contributed by atoms with Crippen LogP contribution in [0.3, 0.4) is 0 Å². The van der Waals surface area contributed by atoms with E-state index in [1.54, 1.807) is 6.20 Å². The predicted octanol–water partition coefficient (Wildman–Crippen LogP) is 2.45. The monoisotopic (exact) mass is 231 g/mol. The van der Waals surface area contributed by atoms with Gasteiger partial charge in [-0.3, -0.25) is 0 Å². The van der Waals surface area contributed by atoms with Crippen molar-refractivity contribution in [1.82, 2.24) is 15.1 Å². The Hall–Kier alpha value is -1.91. The van der Waals surface area contributed by atoms with Crippen LogP contribution in [0.2, 0.25) is 0 Å². The van der Waals surface area contributed by atoms with Crippen LogP contribution >= 0.6 is 0 Å². The van der Waals surface area contributed by atoms with E-state index in [2.05, 4.69) is 15.1 Å². The molecule has 3 rings (SSSR count). The zero-order chi connectivity index (χ0) is 11.5. The van der Waals surface area contributed by atoms with E-state index in [1.165, 1.54) is 19.2 Å². The number of pyridine rings is 1. The molecule has 0 radical (unpaired) electrons. The van der Waals surface area contributed by atoms with Gasteiger partial charge in [0.05, 0.1) is 5.56 Å². The van der Waals surface area contributed by atoms with E-state index in [1.807, 2.05) is 12.1 Å². The predicted molar refractivity (Wildman–Crippen MR) is 60.4 cm³/mol. The Morgan fingerprint density at radius 2 is 2.12 bits per heavy atom. The van der Waals surface area contributed by atoms with E-state index >= 15 is 0 Å². The van der Waals surface area contributed by atoms with Crippen molar-refractivity contribution in [3.05, 3.63) is 24.7 Å². The Morgan fingerprint density at radius 1 is 1.24 bits per heavy atom. The fourth-order valence-corrected chi connectivity index (χ4v) is 2.11. The average molecular weight is 231 g/mol. The minimum atomic E-state index is 0.274. The molecule has 0 unspecified atom stereocenters. The highest BCUT2D eigenvalue weighted by Crippen LogP contribution is 2.29. The molecule has 0 atom stereocenters. The van der Waals surface area contributed by atoms with Crippen molar-refractivity contribution in [2.45, 2.75) is 31.8 Å². The smallest absolute Gasteiger partial charge is 0.224 e. The largest absolute Gasteiger partial charge is 0.474 e. The molecule has 1 aliphatic carbocycles. The fraction of sp³-hybridized carbons (Fsp3) is 0.417. The highest BCUT2D eigenvalue weighted by Gasteiger charge is 2.20. The van der Waals surface area contributed by atoms with Crippen LogP contribution in [-0.4, -0.2) is 21.2 Å². The summed E-state index contributed by atoms with van der Waals surface area (Å²) in [5, 5.41) is 3.82. The SMILES string of the molecule is c1cnc(OC2CCCC2)c(-c2ncon2)c1. The van der Waals surface area contributed by atoms with Crippen LogP contribution < -0.4 is 4.74 Å². The van der Waals surface area contributed by atoms with E-state index in [0.29, 0.717) is 11.7 Å². The molecule has 17 heavy (non-hydrogen) atoms. The second-order valence-electron chi connectivity index (χ2n) is 4.14.